The fourth-order valence-corrected chi connectivity index (χ4v) is 1.97. The molecule has 6 nitrogen and oxygen atoms in total. The summed E-state index contributed by atoms with van der Waals surface area (Å²) in [6.07, 6.45) is -2.32. The lowest BCUT2D eigenvalue weighted by Gasteiger charge is -2.06. The standard InChI is InChI=1S/C11H8F3N5OS/c12-11(13,14)6-1-2-8(17-5-6)21-10-16-4-3-7(18-10)9(15)19-20/h1-5,20H,(H2,15,19). The van der Waals surface area contributed by atoms with Crippen LogP contribution in [0.25, 0.3) is 0 Å². The summed E-state index contributed by atoms with van der Waals surface area (Å²) in [4.78, 5) is 11.6. The van der Waals surface area contributed by atoms with Crippen LogP contribution in [-0.4, -0.2) is 26.0 Å². The molecule has 0 aliphatic heterocycles. The number of pyridine rings is 1. The summed E-state index contributed by atoms with van der Waals surface area (Å²) in [6, 6.07) is 3.56. The molecule has 10 heteroatoms. The molecule has 2 aromatic heterocycles. The maximum atomic E-state index is 12.4. The van der Waals surface area contributed by atoms with Crippen molar-refractivity contribution in [2.45, 2.75) is 16.4 Å². The van der Waals surface area contributed by atoms with Crippen LogP contribution in [0, 0.1) is 0 Å². The quantitative estimate of drug-likeness (QED) is 0.296. The minimum Gasteiger partial charge on any atom is -0.409 e. The van der Waals surface area contributed by atoms with Crippen molar-refractivity contribution >= 4 is 17.6 Å². The van der Waals surface area contributed by atoms with Crippen LogP contribution in [-0.2, 0) is 6.18 Å². The van der Waals surface area contributed by atoms with Gasteiger partial charge >= 0.3 is 6.18 Å². The summed E-state index contributed by atoms with van der Waals surface area (Å²) in [5.41, 5.74) is 4.75. The maximum absolute atomic E-state index is 12.4. The number of nitrogens with two attached hydrogens (primary N) is 1. The fourth-order valence-electron chi connectivity index (χ4n) is 1.29. The largest absolute Gasteiger partial charge is 0.417 e. The van der Waals surface area contributed by atoms with Crippen molar-refractivity contribution in [1.29, 1.82) is 0 Å². The second-order valence-corrected chi connectivity index (χ2v) is 4.68. The lowest BCUT2D eigenvalue weighted by atomic mass is 10.3. The van der Waals surface area contributed by atoms with Crippen LogP contribution < -0.4 is 5.73 Å². The molecule has 0 saturated carbocycles. The maximum Gasteiger partial charge on any atom is 0.417 e. The Morgan fingerprint density at radius 3 is 2.57 bits per heavy atom. The summed E-state index contributed by atoms with van der Waals surface area (Å²) in [6.45, 7) is 0. The van der Waals surface area contributed by atoms with Crippen molar-refractivity contribution in [3.8, 4) is 0 Å². The van der Waals surface area contributed by atoms with E-state index in [1.165, 1.54) is 18.3 Å². The van der Waals surface area contributed by atoms with E-state index >= 15 is 0 Å². The van der Waals surface area contributed by atoms with E-state index in [2.05, 4.69) is 20.1 Å². The van der Waals surface area contributed by atoms with Crippen molar-refractivity contribution in [3.05, 3.63) is 41.9 Å². The molecule has 0 aromatic carbocycles. The third kappa shape index (κ3) is 3.81. The van der Waals surface area contributed by atoms with E-state index in [-0.39, 0.29) is 16.7 Å². The lowest BCUT2D eigenvalue weighted by molar-refractivity contribution is -0.137. The minimum atomic E-state index is -4.43. The van der Waals surface area contributed by atoms with Gasteiger partial charge in [-0.3, -0.25) is 0 Å². The van der Waals surface area contributed by atoms with Crippen LogP contribution in [0.4, 0.5) is 13.2 Å². The Morgan fingerprint density at radius 1 is 1.24 bits per heavy atom. The highest BCUT2D eigenvalue weighted by molar-refractivity contribution is 7.99. The highest BCUT2D eigenvalue weighted by atomic mass is 32.2. The van der Waals surface area contributed by atoms with E-state index in [4.69, 9.17) is 10.9 Å². The van der Waals surface area contributed by atoms with Crippen LogP contribution >= 0.6 is 11.8 Å². The van der Waals surface area contributed by atoms with Gasteiger partial charge in [0.15, 0.2) is 11.0 Å². The first-order chi connectivity index (χ1) is 9.90. The molecule has 2 heterocycles. The molecule has 0 aliphatic carbocycles. The van der Waals surface area contributed by atoms with Gasteiger partial charge in [-0.25, -0.2) is 15.0 Å². The van der Waals surface area contributed by atoms with Crippen LogP contribution in [0.2, 0.25) is 0 Å². The van der Waals surface area contributed by atoms with E-state index < -0.39 is 11.7 Å². The third-order valence-electron chi connectivity index (χ3n) is 2.26. The Hall–Kier alpha value is -2.36. The molecule has 0 fully saturated rings. The second-order valence-electron chi connectivity index (χ2n) is 3.69. The molecule has 110 valence electrons. The molecule has 3 N–H and O–H groups in total. The third-order valence-corrected chi connectivity index (χ3v) is 3.09. The first kappa shape index (κ1) is 15.0. The molecule has 0 bridgehead atoms. The van der Waals surface area contributed by atoms with E-state index in [9.17, 15) is 13.2 Å². The van der Waals surface area contributed by atoms with Crippen LogP contribution in [0.1, 0.15) is 11.3 Å². The average molecular weight is 315 g/mol. The first-order valence-electron chi connectivity index (χ1n) is 5.42. The summed E-state index contributed by atoms with van der Waals surface area (Å²) in [5, 5.41) is 11.9. The number of alkyl halides is 3. The SMILES string of the molecule is N/C(=N/O)c1ccnc(Sc2ccc(C(F)(F)F)cn2)n1. The van der Waals surface area contributed by atoms with Gasteiger partial charge < -0.3 is 10.9 Å². The molecular weight excluding hydrogens is 307 g/mol. The van der Waals surface area contributed by atoms with Crippen LogP contribution in [0.5, 0.6) is 0 Å². The van der Waals surface area contributed by atoms with Crippen molar-refractivity contribution in [1.82, 2.24) is 15.0 Å². The predicted octanol–water partition coefficient (Wildman–Crippen LogP) is 2.14. The Kier molecular flexibility index (Phi) is 4.26. The second kappa shape index (κ2) is 5.95. The number of nitrogens with zero attached hydrogens (tertiary/aromatic N) is 4. The number of hydrogen-bond acceptors (Lipinski definition) is 6. The number of hydrogen-bond donors (Lipinski definition) is 2. The molecule has 2 aromatic rings. The molecule has 2 rings (SSSR count). The van der Waals surface area contributed by atoms with Gasteiger partial charge in [-0.05, 0) is 30.0 Å². The first-order valence-corrected chi connectivity index (χ1v) is 6.24. The Labute approximate surface area is 120 Å². The number of rotatable bonds is 3. The normalized spacial score (nSPS) is 12.4. The Bertz CT molecular complexity index is 660. The van der Waals surface area contributed by atoms with Crippen LogP contribution in [0.15, 0.2) is 45.9 Å². The molecule has 0 spiro atoms. The van der Waals surface area contributed by atoms with Crippen molar-refractivity contribution in [3.63, 3.8) is 0 Å². The molecule has 0 aliphatic rings. The number of amidine groups is 1. The zero-order valence-corrected chi connectivity index (χ0v) is 11.1. The lowest BCUT2D eigenvalue weighted by Crippen LogP contribution is -2.15. The molecule has 0 amide bonds. The monoisotopic (exact) mass is 315 g/mol. The highest BCUT2D eigenvalue weighted by Gasteiger charge is 2.30. The van der Waals surface area contributed by atoms with E-state index in [0.29, 0.717) is 5.03 Å². The van der Waals surface area contributed by atoms with Gasteiger partial charge in [-0.1, -0.05) is 5.16 Å². The molecular formula is C11H8F3N5OS. The molecule has 21 heavy (non-hydrogen) atoms. The summed E-state index contributed by atoms with van der Waals surface area (Å²) in [7, 11) is 0. The zero-order valence-electron chi connectivity index (χ0n) is 10.2. The fraction of sp³-hybridized carbons (Fsp3) is 0.0909. The zero-order chi connectivity index (χ0) is 15.5. The molecule has 0 saturated heterocycles. The van der Waals surface area contributed by atoms with Gasteiger partial charge in [0.05, 0.1) is 5.56 Å². The number of oxime groups is 1. The molecule has 0 radical (unpaired) electrons. The van der Waals surface area contributed by atoms with E-state index in [1.807, 2.05) is 0 Å². The van der Waals surface area contributed by atoms with Crippen LogP contribution in [0.3, 0.4) is 0 Å². The van der Waals surface area contributed by atoms with Crippen molar-refractivity contribution in [2.24, 2.45) is 10.9 Å². The smallest absolute Gasteiger partial charge is 0.409 e. The summed E-state index contributed by atoms with van der Waals surface area (Å²) in [5.74, 6) is -0.195. The average Bonchev–Trinajstić information content (AvgIpc) is 2.46. The molecule has 0 unspecified atom stereocenters. The van der Waals surface area contributed by atoms with Crippen molar-refractivity contribution < 1.29 is 18.4 Å². The highest BCUT2D eigenvalue weighted by Crippen LogP contribution is 2.30. The van der Waals surface area contributed by atoms with E-state index in [1.54, 1.807) is 0 Å². The van der Waals surface area contributed by atoms with Gasteiger partial charge in [0.1, 0.15) is 10.7 Å². The van der Waals surface area contributed by atoms with E-state index in [0.717, 1.165) is 24.0 Å². The number of halogens is 3. The number of aromatic nitrogens is 3. The van der Waals surface area contributed by atoms with Gasteiger partial charge in [0.2, 0.25) is 0 Å². The van der Waals surface area contributed by atoms with Gasteiger partial charge in [-0.2, -0.15) is 13.2 Å². The predicted molar refractivity (Wildman–Crippen MR) is 67.9 cm³/mol. The Morgan fingerprint density at radius 2 is 2.00 bits per heavy atom. The summed E-state index contributed by atoms with van der Waals surface area (Å²) < 4.78 is 37.2. The van der Waals surface area contributed by atoms with Gasteiger partial charge in [0.25, 0.3) is 0 Å². The molecule has 0 atom stereocenters. The summed E-state index contributed by atoms with van der Waals surface area (Å²) >= 11 is 0.956. The van der Waals surface area contributed by atoms with Gasteiger partial charge in [0, 0.05) is 12.4 Å². The topological polar surface area (TPSA) is 97.3 Å². The van der Waals surface area contributed by atoms with Gasteiger partial charge in [-0.15, -0.1) is 0 Å². The van der Waals surface area contributed by atoms with Crippen molar-refractivity contribution in [2.75, 3.05) is 0 Å². The Balaban J connectivity index is 2.19. The minimum absolute atomic E-state index is 0.195.